The second-order valence-corrected chi connectivity index (χ2v) is 8.57. The van der Waals surface area contributed by atoms with Crippen molar-refractivity contribution < 1.29 is 9.53 Å². The molecule has 0 saturated carbocycles. The number of pyridine rings is 1. The highest BCUT2D eigenvalue weighted by atomic mass is 32.1. The molecule has 0 spiro atoms. The number of aromatic nitrogens is 2. The summed E-state index contributed by atoms with van der Waals surface area (Å²) in [5.74, 6) is -0.0207. The van der Waals surface area contributed by atoms with Crippen LogP contribution in [-0.2, 0) is 11.3 Å². The first-order valence-electron chi connectivity index (χ1n) is 9.38. The van der Waals surface area contributed by atoms with E-state index < -0.39 is 0 Å². The maximum Gasteiger partial charge on any atom is 0.254 e. The van der Waals surface area contributed by atoms with Gasteiger partial charge in [-0.3, -0.25) is 9.69 Å². The van der Waals surface area contributed by atoms with Crippen molar-refractivity contribution in [3.05, 3.63) is 57.7 Å². The van der Waals surface area contributed by atoms with Crippen LogP contribution in [-0.4, -0.2) is 59.5 Å². The van der Waals surface area contributed by atoms with Crippen molar-refractivity contribution in [2.75, 3.05) is 33.8 Å². The van der Waals surface area contributed by atoms with Gasteiger partial charge in [-0.1, -0.05) is 18.2 Å². The molecule has 1 aliphatic heterocycles. The van der Waals surface area contributed by atoms with E-state index in [0.717, 1.165) is 41.2 Å². The summed E-state index contributed by atoms with van der Waals surface area (Å²) in [4.78, 5) is 27.1. The first-order valence-corrected chi connectivity index (χ1v) is 10.2. The van der Waals surface area contributed by atoms with Gasteiger partial charge in [0.1, 0.15) is 6.10 Å². The van der Waals surface area contributed by atoms with E-state index in [9.17, 15) is 4.79 Å². The van der Waals surface area contributed by atoms with Gasteiger partial charge in [0.25, 0.3) is 5.91 Å². The molecule has 0 aliphatic carbocycles. The number of hydrogen-bond donors (Lipinski definition) is 0. The molecule has 7 heteroatoms. The molecule has 3 aromatic rings. The summed E-state index contributed by atoms with van der Waals surface area (Å²) in [5.41, 5.74) is 2.31. The predicted octanol–water partition coefficient (Wildman–Crippen LogP) is 3.28. The van der Waals surface area contributed by atoms with Crippen molar-refractivity contribution in [3.8, 4) is 0 Å². The number of aryl methyl sites for hydroxylation is 1. The molecule has 0 radical (unpaired) electrons. The summed E-state index contributed by atoms with van der Waals surface area (Å²) in [6, 6.07) is 9.68. The van der Waals surface area contributed by atoms with Crippen molar-refractivity contribution in [3.63, 3.8) is 0 Å². The standard InChI is InChI=1S/C21H24N4O2S/c1-14-22-11-15(28-14)12-25-8-9-27-20(13-25)19-10-17(21(26)24(2)3)16-6-4-5-7-18(16)23-19/h4-7,10-11,20H,8-9,12-13H2,1-3H3/t20-/m0/s1. The fourth-order valence-corrected chi connectivity index (χ4v) is 4.34. The van der Waals surface area contributed by atoms with E-state index in [1.807, 2.05) is 43.5 Å². The zero-order valence-corrected chi connectivity index (χ0v) is 17.2. The van der Waals surface area contributed by atoms with Gasteiger partial charge in [0.15, 0.2) is 0 Å². The molecule has 0 unspecified atom stereocenters. The number of carbonyl (C=O) groups is 1. The van der Waals surface area contributed by atoms with Crippen LogP contribution in [0.15, 0.2) is 36.5 Å². The monoisotopic (exact) mass is 396 g/mol. The number of nitrogens with zero attached hydrogens (tertiary/aromatic N) is 4. The first-order chi connectivity index (χ1) is 13.5. The third-order valence-corrected chi connectivity index (χ3v) is 5.80. The minimum Gasteiger partial charge on any atom is -0.369 e. The summed E-state index contributed by atoms with van der Waals surface area (Å²) in [6.45, 7) is 5.16. The highest BCUT2D eigenvalue weighted by molar-refractivity contribution is 7.11. The molecule has 3 heterocycles. The molecule has 1 atom stereocenters. The third-order valence-electron chi connectivity index (χ3n) is 4.90. The third kappa shape index (κ3) is 3.92. The largest absolute Gasteiger partial charge is 0.369 e. The van der Waals surface area contributed by atoms with E-state index in [-0.39, 0.29) is 12.0 Å². The Morgan fingerprint density at radius 2 is 2.18 bits per heavy atom. The Morgan fingerprint density at radius 3 is 2.93 bits per heavy atom. The highest BCUT2D eigenvalue weighted by Crippen LogP contribution is 2.27. The number of hydrogen-bond acceptors (Lipinski definition) is 6. The minimum absolute atomic E-state index is 0.0207. The van der Waals surface area contributed by atoms with Crippen molar-refractivity contribution in [2.24, 2.45) is 0 Å². The van der Waals surface area contributed by atoms with Gasteiger partial charge >= 0.3 is 0 Å². The Balaban J connectivity index is 1.63. The normalized spacial score (nSPS) is 17.8. The Bertz CT molecular complexity index is 1000. The van der Waals surface area contributed by atoms with Gasteiger partial charge in [0.2, 0.25) is 0 Å². The van der Waals surface area contributed by atoms with Gasteiger partial charge in [-0.15, -0.1) is 11.3 Å². The first kappa shape index (κ1) is 19.0. The molecule has 6 nitrogen and oxygen atoms in total. The predicted molar refractivity (Wildman–Crippen MR) is 111 cm³/mol. The summed E-state index contributed by atoms with van der Waals surface area (Å²) >= 11 is 1.73. The topological polar surface area (TPSA) is 58.6 Å². The summed E-state index contributed by atoms with van der Waals surface area (Å²) in [7, 11) is 3.54. The molecule has 4 rings (SSSR count). The quantitative estimate of drug-likeness (QED) is 0.677. The summed E-state index contributed by atoms with van der Waals surface area (Å²) in [5, 5.41) is 1.96. The number of carbonyl (C=O) groups excluding carboxylic acids is 1. The summed E-state index contributed by atoms with van der Waals surface area (Å²) < 4.78 is 6.04. The number of thiazole rings is 1. The number of morpholine rings is 1. The van der Waals surface area contributed by atoms with Gasteiger partial charge < -0.3 is 9.64 Å². The number of rotatable bonds is 4. The maximum atomic E-state index is 12.7. The van der Waals surface area contributed by atoms with Crippen LogP contribution in [0.5, 0.6) is 0 Å². The Morgan fingerprint density at radius 1 is 1.36 bits per heavy atom. The Hall–Kier alpha value is -2.35. The molecule has 1 fully saturated rings. The smallest absolute Gasteiger partial charge is 0.254 e. The number of benzene rings is 1. The van der Waals surface area contributed by atoms with E-state index in [1.54, 1.807) is 30.3 Å². The lowest BCUT2D eigenvalue weighted by molar-refractivity contribution is -0.0345. The van der Waals surface area contributed by atoms with Crippen LogP contribution in [0.1, 0.15) is 32.0 Å². The lowest BCUT2D eigenvalue weighted by atomic mass is 10.0. The lowest BCUT2D eigenvalue weighted by Crippen LogP contribution is -2.38. The van der Waals surface area contributed by atoms with Crippen LogP contribution >= 0.6 is 11.3 Å². The van der Waals surface area contributed by atoms with Crippen LogP contribution < -0.4 is 0 Å². The lowest BCUT2D eigenvalue weighted by Gasteiger charge is -2.32. The SMILES string of the molecule is Cc1ncc(CN2CCO[C@H](c3cc(C(=O)N(C)C)c4ccccc4n3)C2)s1. The maximum absolute atomic E-state index is 12.7. The van der Waals surface area contributed by atoms with E-state index in [1.165, 1.54) is 4.88 Å². The fraction of sp³-hybridized carbons (Fsp3) is 0.381. The van der Waals surface area contributed by atoms with Gasteiger partial charge in [0, 0.05) is 50.2 Å². The zero-order valence-electron chi connectivity index (χ0n) is 16.4. The van der Waals surface area contributed by atoms with Crippen molar-refractivity contribution in [1.29, 1.82) is 0 Å². The van der Waals surface area contributed by atoms with E-state index >= 15 is 0 Å². The molecule has 28 heavy (non-hydrogen) atoms. The molecule has 1 aliphatic rings. The van der Waals surface area contributed by atoms with Gasteiger partial charge in [0.05, 0.1) is 28.4 Å². The van der Waals surface area contributed by atoms with Crippen LogP contribution in [0, 0.1) is 6.92 Å². The molecular weight excluding hydrogens is 372 g/mol. The van der Waals surface area contributed by atoms with E-state index in [4.69, 9.17) is 9.72 Å². The van der Waals surface area contributed by atoms with Gasteiger partial charge in [-0.2, -0.15) is 0 Å². The number of ether oxygens (including phenoxy) is 1. The molecular formula is C21H24N4O2S. The minimum atomic E-state index is -0.152. The van der Waals surface area contributed by atoms with Crippen molar-refractivity contribution >= 4 is 28.1 Å². The van der Waals surface area contributed by atoms with Gasteiger partial charge in [-0.05, 0) is 19.1 Å². The fourth-order valence-electron chi connectivity index (χ4n) is 3.50. The molecule has 2 aromatic heterocycles. The Labute approximate surface area is 168 Å². The van der Waals surface area contributed by atoms with E-state index in [0.29, 0.717) is 12.2 Å². The van der Waals surface area contributed by atoms with Crippen molar-refractivity contribution in [1.82, 2.24) is 19.8 Å². The van der Waals surface area contributed by atoms with Crippen LogP contribution in [0.3, 0.4) is 0 Å². The second-order valence-electron chi connectivity index (χ2n) is 7.25. The molecule has 1 amide bonds. The average molecular weight is 397 g/mol. The van der Waals surface area contributed by atoms with Crippen LogP contribution in [0.25, 0.3) is 10.9 Å². The zero-order chi connectivity index (χ0) is 19.7. The average Bonchev–Trinajstić information content (AvgIpc) is 3.11. The highest BCUT2D eigenvalue weighted by Gasteiger charge is 2.25. The van der Waals surface area contributed by atoms with Crippen LogP contribution in [0.2, 0.25) is 0 Å². The number of fused-ring (bicyclic) bond motifs is 1. The van der Waals surface area contributed by atoms with Crippen LogP contribution in [0.4, 0.5) is 0 Å². The molecule has 1 aromatic carbocycles. The van der Waals surface area contributed by atoms with E-state index in [2.05, 4.69) is 9.88 Å². The van der Waals surface area contributed by atoms with Gasteiger partial charge in [-0.25, -0.2) is 9.97 Å². The number of amides is 1. The molecule has 146 valence electrons. The molecule has 0 bridgehead atoms. The number of para-hydroxylation sites is 1. The Kier molecular flexibility index (Phi) is 5.39. The summed E-state index contributed by atoms with van der Waals surface area (Å²) in [6.07, 6.45) is 1.80. The second kappa shape index (κ2) is 7.95. The van der Waals surface area contributed by atoms with Crippen molar-refractivity contribution in [2.45, 2.75) is 19.6 Å². The molecule has 1 saturated heterocycles. The molecule has 0 N–H and O–H groups in total.